The minimum absolute atomic E-state index is 0.423. The van der Waals surface area contributed by atoms with Crippen LogP contribution < -0.4 is 0 Å². The van der Waals surface area contributed by atoms with E-state index in [9.17, 15) is 0 Å². The molecule has 3 aromatic carbocycles. The average molecular weight is 781 g/mol. The van der Waals surface area contributed by atoms with Crippen molar-refractivity contribution >= 4 is 0 Å². The first-order valence-electron chi connectivity index (χ1n) is 21.3. The van der Waals surface area contributed by atoms with Gasteiger partial charge in [-0.25, -0.2) is 0 Å². The van der Waals surface area contributed by atoms with Crippen LogP contribution in [0.15, 0.2) is 91.0 Å². The zero-order valence-corrected chi connectivity index (χ0v) is 34.4. The Hall–Kier alpha value is -2.70. The summed E-state index contributed by atoms with van der Waals surface area (Å²) < 4.78 is 51.8. The van der Waals surface area contributed by atoms with Crippen molar-refractivity contribution in [1.82, 2.24) is 0 Å². The van der Waals surface area contributed by atoms with Crippen LogP contribution in [0.3, 0.4) is 0 Å². The van der Waals surface area contributed by atoms with Crippen molar-refractivity contribution in [2.45, 2.75) is 76.7 Å². The third kappa shape index (κ3) is 21.7. The van der Waals surface area contributed by atoms with E-state index in [-0.39, 0.29) is 0 Å². The van der Waals surface area contributed by atoms with Crippen LogP contribution in [0.25, 0.3) is 0 Å². The Morgan fingerprint density at radius 3 is 0.839 bits per heavy atom. The van der Waals surface area contributed by atoms with Crippen LogP contribution in [0.5, 0.6) is 0 Å². The van der Waals surface area contributed by atoms with Crippen molar-refractivity contribution in [2.75, 3.05) is 112 Å². The fourth-order valence-corrected chi connectivity index (χ4v) is 6.36. The molecule has 0 unspecified atom stereocenters. The second-order valence-electron chi connectivity index (χ2n) is 13.7. The zero-order valence-electron chi connectivity index (χ0n) is 34.4. The van der Waals surface area contributed by atoms with E-state index in [1.54, 1.807) is 0 Å². The van der Waals surface area contributed by atoms with Gasteiger partial charge in [0.2, 0.25) is 0 Å². The van der Waals surface area contributed by atoms with E-state index in [2.05, 4.69) is 43.3 Å². The lowest BCUT2D eigenvalue weighted by atomic mass is 9.80. The monoisotopic (exact) mass is 781 g/mol. The summed E-state index contributed by atoms with van der Waals surface area (Å²) >= 11 is 0. The number of benzene rings is 3. The van der Waals surface area contributed by atoms with E-state index in [1.807, 2.05) is 54.6 Å². The topological polar surface area (TPSA) is 83.1 Å². The Morgan fingerprint density at radius 1 is 0.286 bits per heavy atom. The molecule has 0 saturated heterocycles. The maximum absolute atomic E-state index is 6.74. The smallest absolute Gasteiger partial charge is 0.143 e. The van der Waals surface area contributed by atoms with Gasteiger partial charge in [-0.1, -0.05) is 156 Å². The van der Waals surface area contributed by atoms with Crippen molar-refractivity contribution in [1.29, 1.82) is 0 Å². The lowest BCUT2D eigenvalue weighted by Gasteiger charge is -2.36. The molecule has 0 spiro atoms. The highest BCUT2D eigenvalue weighted by Gasteiger charge is 2.37. The molecule has 314 valence electrons. The average Bonchev–Trinajstić information content (AvgIpc) is 3.24. The minimum Gasteiger partial charge on any atom is -0.379 e. The van der Waals surface area contributed by atoms with Gasteiger partial charge in [0.1, 0.15) is 5.60 Å². The summed E-state index contributed by atoms with van der Waals surface area (Å²) in [4.78, 5) is 0. The van der Waals surface area contributed by atoms with Crippen molar-refractivity contribution in [3.8, 4) is 0 Å². The fraction of sp³-hybridized carbons (Fsp3) is 0.617. The number of ether oxygens (including phenoxy) is 9. The minimum atomic E-state index is -0.745. The maximum atomic E-state index is 6.74. The van der Waals surface area contributed by atoms with Gasteiger partial charge in [0, 0.05) is 6.61 Å². The Morgan fingerprint density at radius 2 is 0.536 bits per heavy atom. The molecule has 0 N–H and O–H groups in total. The van der Waals surface area contributed by atoms with E-state index >= 15 is 0 Å². The van der Waals surface area contributed by atoms with Crippen molar-refractivity contribution in [3.05, 3.63) is 108 Å². The number of hydrogen-bond acceptors (Lipinski definition) is 9. The molecule has 56 heavy (non-hydrogen) atoms. The first-order chi connectivity index (χ1) is 27.9. The molecule has 0 heterocycles. The van der Waals surface area contributed by atoms with Crippen LogP contribution in [-0.4, -0.2) is 112 Å². The summed E-state index contributed by atoms with van der Waals surface area (Å²) in [6.07, 6.45) is 13.4. The lowest BCUT2D eigenvalue weighted by Crippen LogP contribution is -2.34. The maximum Gasteiger partial charge on any atom is 0.143 e. The van der Waals surface area contributed by atoms with Gasteiger partial charge in [-0.2, -0.15) is 0 Å². The molecule has 0 aliphatic carbocycles. The largest absolute Gasteiger partial charge is 0.379 e. The highest BCUT2D eigenvalue weighted by molar-refractivity contribution is 5.47. The van der Waals surface area contributed by atoms with Crippen molar-refractivity contribution in [2.24, 2.45) is 0 Å². The predicted molar refractivity (Wildman–Crippen MR) is 224 cm³/mol. The van der Waals surface area contributed by atoms with Crippen LogP contribution in [0.4, 0.5) is 0 Å². The molecule has 3 rings (SSSR count). The number of unbranched alkanes of at least 4 members (excludes halogenated alkanes) is 9. The zero-order chi connectivity index (χ0) is 39.3. The van der Waals surface area contributed by atoms with Crippen LogP contribution >= 0.6 is 0 Å². The van der Waals surface area contributed by atoms with Gasteiger partial charge in [0.15, 0.2) is 0 Å². The van der Waals surface area contributed by atoms with Gasteiger partial charge in [-0.05, 0) is 23.1 Å². The molecule has 9 heteroatoms. The van der Waals surface area contributed by atoms with Crippen molar-refractivity contribution in [3.63, 3.8) is 0 Å². The molecule has 0 radical (unpaired) electrons. The lowest BCUT2D eigenvalue weighted by molar-refractivity contribution is -0.0398. The standard InChI is InChI=1S/C47H72O9/c1-2-3-4-5-6-7-8-9-10-20-27-48-28-29-49-30-31-50-32-33-51-34-35-52-36-37-53-38-39-54-40-41-55-42-43-56-47(44-21-14-11-15-22-44,45-23-16-12-17-24-45)46-25-18-13-19-26-46/h11-19,21-26H,2-10,20,27-43H2,1H3. The molecule has 0 aliphatic heterocycles. The van der Waals surface area contributed by atoms with Crippen molar-refractivity contribution < 1.29 is 42.6 Å². The summed E-state index contributed by atoms with van der Waals surface area (Å²) in [6, 6.07) is 31.1. The van der Waals surface area contributed by atoms with E-state index in [1.165, 1.54) is 57.8 Å². The summed E-state index contributed by atoms with van der Waals surface area (Å²) in [7, 11) is 0. The summed E-state index contributed by atoms with van der Waals surface area (Å²) in [5.74, 6) is 0. The van der Waals surface area contributed by atoms with Crippen LogP contribution in [-0.2, 0) is 48.2 Å². The predicted octanol–water partition coefficient (Wildman–Crippen LogP) is 9.05. The van der Waals surface area contributed by atoms with E-state index < -0.39 is 5.60 Å². The SMILES string of the molecule is CCCCCCCCCCCCOCCOCCOCCOCCOCCOCCOCCOCCOC(c1ccccc1)(c1ccccc1)c1ccccc1. The van der Waals surface area contributed by atoms with Crippen LogP contribution in [0.1, 0.15) is 87.8 Å². The van der Waals surface area contributed by atoms with E-state index in [4.69, 9.17) is 42.6 Å². The Balaban J connectivity index is 1.04. The van der Waals surface area contributed by atoms with E-state index in [0.29, 0.717) is 106 Å². The van der Waals surface area contributed by atoms with Gasteiger partial charge >= 0.3 is 0 Å². The van der Waals surface area contributed by atoms with Gasteiger partial charge in [-0.15, -0.1) is 0 Å². The quantitative estimate of drug-likeness (QED) is 0.0416. The molecule has 0 aromatic heterocycles. The third-order valence-electron chi connectivity index (χ3n) is 9.33. The highest BCUT2D eigenvalue weighted by Crippen LogP contribution is 2.40. The molecule has 0 amide bonds. The normalized spacial score (nSPS) is 11.7. The summed E-state index contributed by atoms with van der Waals surface area (Å²) in [5.41, 5.74) is 2.47. The van der Waals surface area contributed by atoms with Gasteiger partial charge in [-0.3, -0.25) is 0 Å². The molecule has 0 saturated carbocycles. The molecule has 0 atom stereocenters. The van der Waals surface area contributed by atoms with Crippen LogP contribution in [0, 0.1) is 0 Å². The molecule has 0 fully saturated rings. The number of rotatable bonds is 39. The molecular weight excluding hydrogens is 709 g/mol. The second kappa shape index (κ2) is 34.4. The Bertz CT molecular complexity index is 1150. The third-order valence-corrected chi connectivity index (χ3v) is 9.33. The first-order valence-corrected chi connectivity index (χ1v) is 21.3. The first kappa shape index (κ1) is 47.7. The van der Waals surface area contributed by atoms with Gasteiger partial charge in [0.05, 0.1) is 106 Å². The molecule has 3 aromatic rings. The summed E-state index contributed by atoms with van der Waals surface area (Å²) in [6.45, 7) is 11.5. The fourth-order valence-electron chi connectivity index (χ4n) is 6.36. The molecule has 0 aliphatic rings. The number of hydrogen-bond donors (Lipinski definition) is 0. The Labute approximate surface area is 338 Å². The summed E-state index contributed by atoms with van der Waals surface area (Å²) in [5, 5.41) is 0. The van der Waals surface area contributed by atoms with E-state index in [0.717, 1.165) is 29.7 Å². The molecule has 9 nitrogen and oxygen atoms in total. The molecule has 0 bridgehead atoms. The Kier molecular flexibility index (Phi) is 29.2. The van der Waals surface area contributed by atoms with Gasteiger partial charge < -0.3 is 42.6 Å². The van der Waals surface area contributed by atoms with Crippen LogP contribution in [0.2, 0.25) is 0 Å². The van der Waals surface area contributed by atoms with Gasteiger partial charge in [0.25, 0.3) is 0 Å². The second-order valence-corrected chi connectivity index (χ2v) is 13.7. The highest BCUT2D eigenvalue weighted by atomic mass is 16.6. The molecular formula is C47H72O9.